The van der Waals surface area contributed by atoms with Crippen LogP contribution in [0.4, 0.5) is 0 Å². The van der Waals surface area contributed by atoms with Crippen molar-refractivity contribution in [1.82, 2.24) is 5.01 Å². The highest BCUT2D eigenvalue weighted by atomic mass is 35.5. The molecule has 3 nitrogen and oxygen atoms in total. The van der Waals surface area contributed by atoms with E-state index in [-0.39, 0.29) is 18.3 Å². The topological polar surface area (TPSA) is 46.3 Å². The Kier molecular flexibility index (Phi) is 1.80. The van der Waals surface area contributed by atoms with E-state index in [0.29, 0.717) is 0 Å². The van der Waals surface area contributed by atoms with Gasteiger partial charge in [0.15, 0.2) is 0 Å². The first-order valence-corrected chi connectivity index (χ1v) is 1.57. The highest BCUT2D eigenvalue weighted by molar-refractivity contribution is 5.93. The number of rotatable bonds is 0. The van der Waals surface area contributed by atoms with Crippen LogP contribution in [0.1, 0.15) is 0 Å². The zero-order valence-electron chi connectivity index (χ0n) is 3.50. The Bertz CT molecular complexity index is 112. The van der Waals surface area contributed by atoms with Gasteiger partial charge in [-0.05, 0) is 0 Å². The quantitative estimate of drug-likeness (QED) is 0.351. The molecule has 0 unspecified atom stereocenters. The molecule has 0 aromatic heterocycles. The molecule has 1 aliphatic rings. The van der Waals surface area contributed by atoms with Crippen LogP contribution in [-0.4, -0.2) is 10.9 Å². The molecular weight excluding hydrogens is 115 g/mol. The fraction of sp³-hybridized carbons (Fsp3) is 0. The van der Waals surface area contributed by atoms with E-state index < -0.39 is 0 Å². The summed E-state index contributed by atoms with van der Waals surface area (Å²) >= 11 is 0. The van der Waals surface area contributed by atoms with Gasteiger partial charge in [-0.1, -0.05) is 0 Å². The number of carbonyl (C=O) groups excluding carboxylic acids is 1. The lowest BCUT2D eigenvalue weighted by atomic mass is 10.4. The van der Waals surface area contributed by atoms with Gasteiger partial charge in [-0.25, -0.2) is 5.84 Å². The van der Waals surface area contributed by atoms with E-state index in [2.05, 4.69) is 0 Å². The average molecular weight is 121 g/mol. The van der Waals surface area contributed by atoms with Crippen molar-refractivity contribution in [2.45, 2.75) is 0 Å². The van der Waals surface area contributed by atoms with E-state index in [1.807, 2.05) is 0 Å². The molecule has 4 heteroatoms. The van der Waals surface area contributed by atoms with Gasteiger partial charge in [-0.15, -0.1) is 12.4 Å². The predicted octanol–water partition coefficient (Wildman–Crippen LogP) is -0.362. The number of hydrogen-bond acceptors (Lipinski definition) is 2. The molecule has 0 atom stereocenters. The normalized spacial score (nSPS) is 15.6. The summed E-state index contributed by atoms with van der Waals surface area (Å²) in [6.45, 7) is 0. The average Bonchev–Trinajstić information content (AvgIpc) is 1.61. The van der Waals surface area contributed by atoms with E-state index >= 15 is 0 Å². The van der Waals surface area contributed by atoms with Crippen LogP contribution in [0, 0.1) is 0 Å². The van der Waals surface area contributed by atoms with Crippen molar-refractivity contribution in [1.29, 1.82) is 0 Å². The van der Waals surface area contributed by atoms with E-state index in [9.17, 15) is 4.79 Å². The third kappa shape index (κ3) is 0.913. The zero-order valence-corrected chi connectivity index (χ0v) is 4.31. The number of hydrazine groups is 1. The molecule has 0 saturated heterocycles. The number of amides is 1. The summed E-state index contributed by atoms with van der Waals surface area (Å²) < 4.78 is 0. The van der Waals surface area contributed by atoms with Crippen LogP contribution >= 0.6 is 12.4 Å². The second-order valence-electron chi connectivity index (χ2n) is 1.06. The molecule has 0 spiro atoms. The summed E-state index contributed by atoms with van der Waals surface area (Å²) in [5, 5.41) is 1.03. The lowest BCUT2D eigenvalue weighted by molar-refractivity contribution is -0.126. The fourth-order valence-electron chi connectivity index (χ4n) is 0.221. The van der Waals surface area contributed by atoms with Gasteiger partial charge in [0.25, 0.3) is 5.91 Å². The maximum Gasteiger partial charge on any atom is 0.266 e. The third-order valence-corrected chi connectivity index (χ3v) is 0.632. The molecule has 0 aliphatic carbocycles. The number of nitrogens with zero attached hydrogens (tertiary/aromatic N) is 1. The van der Waals surface area contributed by atoms with Crippen molar-refractivity contribution in [3.8, 4) is 0 Å². The maximum absolute atomic E-state index is 9.94. The highest BCUT2D eigenvalue weighted by Gasteiger charge is 2.08. The van der Waals surface area contributed by atoms with Gasteiger partial charge in [0, 0.05) is 12.3 Å². The monoisotopic (exact) mass is 120 g/mol. The smallest absolute Gasteiger partial charge is 0.266 e. The van der Waals surface area contributed by atoms with Gasteiger partial charge in [-0.3, -0.25) is 9.80 Å². The molecule has 40 valence electrons. The van der Waals surface area contributed by atoms with Gasteiger partial charge in [-0.2, -0.15) is 0 Å². The van der Waals surface area contributed by atoms with Crippen LogP contribution in [0.5, 0.6) is 0 Å². The molecule has 2 N–H and O–H groups in total. The van der Waals surface area contributed by atoms with Crippen LogP contribution in [0.3, 0.4) is 0 Å². The molecule has 0 aromatic carbocycles. The Labute approximate surface area is 47.2 Å². The Hall–Kier alpha value is -0.540. The molecule has 1 heterocycles. The summed E-state index contributed by atoms with van der Waals surface area (Å²) in [6, 6.07) is 0. The minimum absolute atomic E-state index is 0. The molecule has 1 rings (SSSR count). The first-order chi connectivity index (χ1) is 2.80. The summed E-state index contributed by atoms with van der Waals surface area (Å²) in [5.74, 6) is 4.79. The molecule has 0 radical (unpaired) electrons. The Balaban J connectivity index is 0.000000360. The number of hydrogen-bond donors (Lipinski definition) is 1. The lowest BCUT2D eigenvalue weighted by Crippen LogP contribution is -2.37. The lowest BCUT2D eigenvalue weighted by Gasteiger charge is -2.14. The van der Waals surface area contributed by atoms with Crippen molar-refractivity contribution >= 4 is 18.3 Å². The van der Waals surface area contributed by atoms with E-state index in [1.165, 1.54) is 12.3 Å². The van der Waals surface area contributed by atoms with E-state index in [0.717, 1.165) is 5.01 Å². The van der Waals surface area contributed by atoms with Crippen LogP contribution in [0.2, 0.25) is 0 Å². The highest BCUT2D eigenvalue weighted by Crippen LogP contribution is 1.93. The van der Waals surface area contributed by atoms with E-state index in [4.69, 9.17) is 5.84 Å². The molecule has 0 bridgehead atoms. The number of nitrogens with two attached hydrogens (primary N) is 1. The standard InChI is InChI=1S/C3H4N2O.ClH/c4-5-2-1-3(5)6;/h1-2H,4H2;1H. The van der Waals surface area contributed by atoms with Crippen LogP contribution in [0.25, 0.3) is 0 Å². The molecule has 0 aromatic rings. The van der Waals surface area contributed by atoms with Crippen molar-refractivity contribution in [2.75, 3.05) is 0 Å². The van der Waals surface area contributed by atoms with Crippen molar-refractivity contribution < 1.29 is 4.79 Å². The molecule has 1 aliphatic heterocycles. The fourth-order valence-corrected chi connectivity index (χ4v) is 0.221. The van der Waals surface area contributed by atoms with Crippen LogP contribution in [0.15, 0.2) is 12.3 Å². The largest absolute Gasteiger partial charge is 0.268 e. The summed E-state index contributed by atoms with van der Waals surface area (Å²) in [4.78, 5) is 9.94. The first kappa shape index (κ1) is 6.46. The number of carbonyl (C=O) groups is 1. The number of halogens is 1. The zero-order chi connectivity index (χ0) is 4.57. The second-order valence-corrected chi connectivity index (χ2v) is 1.06. The third-order valence-electron chi connectivity index (χ3n) is 0.632. The van der Waals surface area contributed by atoms with Crippen LogP contribution < -0.4 is 5.84 Å². The van der Waals surface area contributed by atoms with Gasteiger partial charge in [0.1, 0.15) is 0 Å². The van der Waals surface area contributed by atoms with Gasteiger partial charge < -0.3 is 0 Å². The summed E-state index contributed by atoms with van der Waals surface area (Å²) in [7, 11) is 0. The SMILES string of the molecule is Cl.NN1C=CC1=O. The molecular formula is C3H5ClN2O. The van der Waals surface area contributed by atoms with Crippen LogP contribution in [-0.2, 0) is 4.79 Å². The Morgan fingerprint density at radius 1 is 1.71 bits per heavy atom. The Morgan fingerprint density at radius 2 is 2.14 bits per heavy atom. The van der Waals surface area contributed by atoms with Crippen molar-refractivity contribution in [3.05, 3.63) is 12.3 Å². The van der Waals surface area contributed by atoms with Gasteiger partial charge >= 0.3 is 0 Å². The summed E-state index contributed by atoms with van der Waals surface area (Å²) in [5.41, 5.74) is 0. The second kappa shape index (κ2) is 1.95. The maximum atomic E-state index is 9.94. The molecule has 7 heavy (non-hydrogen) atoms. The predicted molar refractivity (Wildman–Crippen MR) is 27.4 cm³/mol. The summed E-state index contributed by atoms with van der Waals surface area (Å²) in [6.07, 6.45) is 2.91. The Morgan fingerprint density at radius 3 is 2.14 bits per heavy atom. The molecule has 0 fully saturated rings. The van der Waals surface area contributed by atoms with Gasteiger partial charge in [0.05, 0.1) is 0 Å². The van der Waals surface area contributed by atoms with Crippen molar-refractivity contribution in [2.24, 2.45) is 5.84 Å². The molecule has 1 amide bonds. The van der Waals surface area contributed by atoms with Gasteiger partial charge in [0.2, 0.25) is 0 Å². The minimum atomic E-state index is -0.130. The minimum Gasteiger partial charge on any atom is -0.268 e. The molecule has 0 saturated carbocycles. The van der Waals surface area contributed by atoms with E-state index in [1.54, 1.807) is 0 Å². The van der Waals surface area contributed by atoms with Crippen molar-refractivity contribution in [3.63, 3.8) is 0 Å². The first-order valence-electron chi connectivity index (χ1n) is 1.57.